The lowest BCUT2D eigenvalue weighted by atomic mass is 10.1. The fourth-order valence-corrected chi connectivity index (χ4v) is 1.65. The SMILES string of the molecule is N/C(=N/O)c1cc(F)c(N(CCO)CCO)c(F)c1. The number of nitrogens with zero attached hydrogens (tertiary/aromatic N) is 2. The van der Waals surface area contributed by atoms with E-state index in [9.17, 15) is 8.78 Å². The molecule has 0 amide bonds. The third-order valence-corrected chi connectivity index (χ3v) is 2.48. The van der Waals surface area contributed by atoms with E-state index in [0.717, 1.165) is 12.1 Å². The van der Waals surface area contributed by atoms with Crippen molar-refractivity contribution in [3.8, 4) is 0 Å². The number of amidine groups is 1. The summed E-state index contributed by atoms with van der Waals surface area (Å²) >= 11 is 0. The smallest absolute Gasteiger partial charge is 0.170 e. The Labute approximate surface area is 108 Å². The average Bonchev–Trinajstić information content (AvgIpc) is 2.37. The van der Waals surface area contributed by atoms with Gasteiger partial charge in [-0.1, -0.05) is 5.16 Å². The molecule has 0 aromatic heterocycles. The number of oxime groups is 1. The number of halogens is 2. The molecule has 6 nitrogen and oxygen atoms in total. The van der Waals surface area contributed by atoms with Gasteiger partial charge in [0.25, 0.3) is 0 Å². The predicted octanol–water partition coefficient (Wildman–Crippen LogP) is -0.150. The van der Waals surface area contributed by atoms with Gasteiger partial charge >= 0.3 is 0 Å². The molecule has 0 atom stereocenters. The molecule has 5 N–H and O–H groups in total. The van der Waals surface area contributed by atoms with Crippen LogP contribution in [0.2, 0.25) is 0 Å². The Balaban J connectivity index is 3.21. The molecular formula is C11H15F2N3O3. The predicted molar refractivity (Wildman–Crippen MR) is 65.3 cm³/mol. The van der Waals surface area contributed by atoms with E-state index in [0.29, 0.717) is 0 Å². The molecule has 0 saturated carbocycles. The van der Waals surface area contributed by atoms with E-state index >= 15 is 0 Å². The molecule has 0 aliphatic rings. The highest BCUT2D eigenvalue weighted by Crippen LogP contribution is 2.24. The van der Waals surface area contributed by atoms with Gasteiger partial charge in [-0.3, -0.25) is 0 Å². The maximum atomic E-state index is 13.9. The molecule has 106 valence electrons. The lowest BCUT2D eigenvalue weighted by Gasteiger charge is -2.24. The lowest BCUT2D eigenvalue weighted by molar-refractivity contribution is 0.280. The number of benzene rings is 1. The fraction of sp³-hybridized carbons (Fsp3) is 0.364. The number of hydrogen-bond donors (Lipinski definition) is 4. The van der Waals surface area contributed by atoms with Gasteiger partial charge in [0.15, 0.2) is 5.84 Å². The van der Waals surface area contributed by atoms with E-state index in [4.69, 9.17) is 21.2 Å². The molecule has 0 fully saturated rings. The molecule has 0 aliphatic heterocycles. The van der Waals surface area contributed by atoms with Crippen LogP contribution in [0, 0.1) is 11.6 Å². The normalized spacial score (nSPS) is 11.7. The quantitative estimate of drug-likeness (QED) is 0.250. The van der Waals surface area contributed by atoms with E-state index in [1.165, 1.54) is 4.90 Å². The third-order valence-electron chi connectivity index (χ3n) is 2.48. The maximum Gasteiger partial charge on any atom is 0.170 e. The van der Waals surface area contributed by atoms with Crippen molar-refractivity contribution in [1.29, 1.82) is 0 Å². The zero-order valence-electron chi connectivity index (χ0n) is 10.1. The van der Waals surface area contributed by atoms with Crippen molar-refractivity contribution in [3.63, 3.8) is 0 Å². The molecular weight excluding hydrogens is 260 g/mol. The van der Waals surface area contributed by atoms with Crippen molar-refractivity contribution < 1.29 is 24.2 Å². The highest BCUT2D eigenvalue weighted by molar-refractivity contribution is 5.97. The van der Waals surface area contributed by atoms with Gasteiger partial charge in [-0.25, -0.2) is 8.78 Å². The second kappa shape index (κ2) is 6.86. The molecule has 0 saturated heterocycles. The second-order valence-corrected chi connectivity index (χ2v) is 3.71. The minimum Gasteiger partial charge on any atom is -0.409 e. The minimum absolute atomic E-state index is 0.0304. The Morgan fingerprint density at radius 3 is 2.00 bits per heavy atom. The van der Waals surface area contributed by atoms with Gasteiger partial charge in [0.05, 0.1) is 13.2 Å². The fourth-order valence-electron chi connectivity index (χ4n) is 1.65. The topological polar surface area (TPSA) is 102 Å². The summed E-state index contributed by atoms with van der Waals surface area (Å²) in [6, 6.07) is 1.82. The van der Waals surface area contributed by atoms with Crippen molar-refractivity contribution >= 4 is 11.5 Å². The van der Waals surface area contributed by atoms with E-state index in [-0.39, 0.29) is 37.6 Å². The molecule has 0 spiro atoms. The van der Waals surface area contributed by atoms with Crippen LogP contribution in [0.4, 0.5) is 14.5 Å². The van der Waals surface area contributed by atoms with Crippen LogP contribution in [-0.2, 0) is 0 Å². The van der Waals surface area contributed by atoms with Gasteiger partial charge in [0.2, 0.25) is 0 Å². The van der Waals surface area contributed by atoms with Crippen LogP contribution in [-0.4, -0.2) is 47.6 Å². The summed E-state index contributed by atoms with van der Waals surface area (Å²) in [5, 5.41) is 28.8. The Kier molecular flexibility index (Phi) is 5.46. The summed E-state index contributed by atoms with van der Waals surface area (Å²) in [6.45, 7) is -0.698. The number of nitrogens with two attached hydrogens (primary N) is 1. The maximum absolute atomic E-state index is 13.9. The third kappa shape index (κ3) is 3.52. The second-order valence-electron chi connectivity index (χ2n) is 3.71. The van der Waals surface area contributed by atoms with Crippen LogP contribution >= 0.6 is 0 Å². The van der Waals surface area contributed by atoms with Gasteiger partial charge < -0.3 is 26.1 Å². The molecule has 1 aromatic rings. The Morgan fingerprint density at radius 2 is 1.63 bits per heavy atom. The summed E-state index contributed by atoms with van der Waals surface area (Å²) in [4.78, 5) is 1.17. The van der Waals surface area contributed by atoms with Crippen LogP contribution in [0.25, 0.3) is 0 Å². The molecule has 0 heterocycles. The van der Waals surface area contributed by atoms with Crippen molar-refractivity contribution in [3.05, 3.63) is 29.3 Å². The number of aliphatic hydroxyl groups excluding tert-OH is 2. The number of anilines is 1. The molecule has 8 heteroatoms. The molecule has 0 aliphatic carbocycles. The van der Waals surface area contributed by atoms with Crippen molar-refractivity contribution in [2.75, 3.05) is 31.2 Å². The van der Waals surface area contributed by atoms with E-state index in [1.54, 1.807) is 0 Å². The standard InChI is InChI=1S/C11H15F2N3O3/c12-8-5-7(11(14)15-19)6-9(13)10(8)16(1-3-17)2-4-18/h5-6,17-19H,1-4H2,(H2,14,15). The summed E-state index contributed by atoms with van der Waals surface area (Å²) < 4.78 is 27.7. The van der Waals surface area contributed by atoms with E-state index < -0.39 is 17.5 Å². The Morgan fingerprint density at radius 1 is 1.16 bits per heavy atom. The van der Waals surface area contributed by atoms with Gasteiger partial charge in [-0.15, -0.1) is 0 Å². The van der Waals surface area contributed by atoms with Crippen LogP contribution in [0.15, 0.2) is 17.3 Å². The van der Waals surface area contributed by atoms with Crippen LogP contribution in [0.1, 0.15) is 5.56 Å². The van der Waals surface area contributed by atoms with E-state index in [1.807, 2.05) is 0 Å². The van der Waals surface area contributed by atoms with Crippen LogP contribution < -0.4 is 10.6 Å². The van der Waals surface area contributed by atoms with Gasteiger partial charge in [0, 0.05) is 18.7 Å². The number of aliphatic hydroxyl groups is 2. The van der Waals surface area contributed by atoms with E-state index in [2.05, 4.69) is 5.16 Å². The van der Waals surface area contributed by atoms with Crippen LogP contribution in [0.3, 0.4) is 0 Å². The molecule has 0 unspecified atom stereocenters. The van der Waals surface area contributed by atoms with Crippen molar-refractivity contribution in [2.45, 2.75) is 0 Å². The molecule has 0 radical (unpaired) electrons. The average molecular weight is 275 g/mol. The molecule has 1 aromatic carbocycles. The lowest BCUT2D eigenvalue weighted by Crippen LogP contribution is -2.31. The minimum atomic E-state index is -0.927. The van der Waals surface area contributed by atoms with Gasteiger partial charge in [0.1, 0.15) is 17.3 Å². The largest absolute Gasteiger partial charge is 0.409 e. The first kappa shape index (κ1) is 15.1. The number of hydrogen-bond acceptors (Lipinski definition) is 5. The van der Waals surface area contributed by atoms with Crippen molar-refractivity contribution in [1.82, 2.24) is 0 Å². The first-order valence-electron chi connectivity index (χ1n) is 5.48. The van der Waals surface area contributed by atoms with Gasteiger partial charge in [-0.05, 0) is 12.1 Å². The molecule has 1 rings (SSSR count). The summed E-state index contributed by atoms with van der Waals surface area (Å²) in [7, 11) is 0. The summed E-state index contributed by atoms with van der Waals surface area (Å²) in [5.74, 6) is -2.27. The molecule has 0 bridgehead atoms. The van der Waals surface area contributed by atoms with Gasteiger partial charge in [-0.2, -0.15) is 0 Å². The monoisotopic (exact) mass is 275 g/mol. The zero-order chi connectivity index (χ0) is 14.4. The summed E-state index contributed by atoms with van der Waals surface area (Å²) in [6.07, 6.45) is 0. The summed E-state index contributed by atoms with van der Waals surface area (Å²) in [5.41, 5.74) is 4.77. The highest BCUT2D eigenvalue weighted by atomic mass is 19.1. The Bertz CT molecular complexity index is 439. The number of rotatable bonds is 6. The highest BCUT2D eigenvalue weighted by Gasteiger charge is 2.18. The zero-order valence-corrected chi connectivity index (χ0v) is 10.1. The van der Waals surface area contributed by atoms with Crippen LogP contribution in [0.5, 0.6) is 0 Å². The molecule has 19 heavy (non-hydrogen) atoms. The van der Waals surface area contributed by atoms with Crippen molar-refractivity contribution in [2.24, 2.45) is 10.9 Å². The first-order chi connectivity index (χ1) is 9.04. The Hall–Kier alpha value is -1.93. The first-order valence-corrected chi connectivity index (χ1v) is 5.48.